The van der Waals surface area contributed by atoms with Crippen LogP contribution in [0.15, 0.2) is 29.5 Å². The molecule has 0 aromatic heterocycles. The fraction of sp³-hybridized carbons (Fsp3) is 0.353. The van der Waals surface area contributed by atoms with Crippen LogP contribution in [0.3, 0.4) is 0 Å². The molecule has 1 aliphatic heterocycles. The van der Waals surface area contributed by atoms with Crippen LogP contribution in [0.5, 0.6) is 0 Å². The van der Waals surface area contributed by atoms with Crippen molar-refractivity contribution in [2.75, 3.05) is 24.6 Å². The number of esters is 1. The zero-order chi connectivity index (χ0) is 19.3. The van der Waals surface area contributed by atoms with Gasteiger partial charge in [-0.05, 0) is 25.8 Å². The molecule has 9 nitrogen and oxygen atoms in total. The number of nitro groups is 1. The molecule has 136 valence electrons. The lowest BCUT2D eigenvalue weighted by Gasteiger charge is -2.20. The molecule has 1 aromatic carbocycles. The van der Waals surface area contributed by atoms with E-state index in [4.69, 9.17) is 15.7 Å². The SMILES string of the molecule is C/C(N)=C(/C#N)C(=O)COC(=O)c1cc([N+](=O)[O-])ccc1N1CCCC1. The number of anilines is 1. The van der Waals surface area contributed by atoms with Crippen LogP contribution in [0.4, 0.5) is 11.4 Å². The summed E-state index contributed by atoms with van der Waals surface area (Å²) in [6.45, 7) is 2.18. The molecule has 1 heterocycles. The third-order valence-electron chi connectivity index (χ3n) is 3.98. The van der Waals surface area contributed by atoms with Gasteiger partial charge in [0.25, 0.3) is 5.69 Å². The first-order valence-electron chi connectivity index (χ1n) is 7.95. The predicted molar refractivity (Wildman–Crippen MR) is 92.3 cm³/mol. The number of nitrogens with zero attached hydrogens (tertiary/aromatic N) is 3. The molecule has 0 aliphatic carbocycles. The summed E-state index contributed by atoms with van der Waals surface area (Å²) in [7, 11) is 0. The highest BCUT2D eigenvalue weighted by Crippen LogP contribution is 2.29. The van der Waals surface area contributed by atoms with Crippen LogP contribution < -0.4 is 10.6 Å². The van der Waals surface area contributed by atoms with Crippen molar-refractivity contribution < 1.29 is 19.2 Å². The van der Waals surface area contributed by atoms with Gasteiger partial charge in [0.15, 0.2) is 6.61 Å². The number of nitrogens with two attached hydrogens (primary N) is 1. The maximum Gasteiger partial charge on any atom is 0.340 e. The van der Waals surface area contributed by atoms with Crippen molar-refractivity contribution in [1.82, 2.24) is 0 Å². The minimum Gasteiger partial charge on any atom is -0.454 e. The van der Waals surface area contributed by atoms with Gasteiger partial charge in [-0.1, -0.05) is 0 Å². The predicted octanol–water partition coefficient (Wildman–Crippen LogP) is 1.68. The van der Waals surface area contributed by atoms with Gasteiger partial charge in [0.05, 0.1) is 16.2 Å². The van der Waals surface area contributed by atoms with Gasteiger partial charge in [-0.2, -0.15) is 5.26 Å². The number of hydrogen-bond acceptors (Lipinski definition) is 8. The molecular weight excluding hydrogens is 340 g/mol. The fourth-order valence-electron chi connectivity index (χ4n) is 2.69. The van der Waals surface area contributed by atoms with Gasteiger partial charge < -0.3 is 15.4 Å². The zero-order valence-corrected chi connectivity index (χ0v) is 14.2. The number of allylic oxidation sites excluding steroid dienone is 1. The Bertz CT molecular complexity index is 815. The molecule has 0 spiro atoms. The van der Waals surface area contributed by atoms with Crippen LogP contribution in [0.1, 0.15) is 30.1 Å². The number of ketones is 1. The number of nitro benzene ring substituents is 1. The molecule has 26 heavy (non-hydrogen) atoms. The van der Waals surface area contributed by atoms with E-state index in [9.17, 15) is 19.7 Å². The summed E-state index contributed by atoms with van der Waals surface area (Å²) >= 11 is 0. The van der Waals surface area contributed by atoms with Crippen LogP contribution in [0.25, 0.3) is 0 Å². The molecule has 0 amide bonds. The summed E-state index contributed by atoms with van der Waals surface area (Å²) in [6, 6.07) is 5.63. The molecule has 0 saturated carbocycles. The molecular formula is C17H18N4O5. The van der Waals surface area contributed by atoms with Gasteiger partial charge in [0.1, 0.15) is 11.6 Å². The van der Waals surface area contributed by atoms with Gasteiger partial charge in [0.2, 0.25) is 5.78 Å². The van der Waals surface area contributed by atoms with Crippen molar-refractivity contribution in [2.24, 2.45) is 5.73 Å². The second kappa shape index (κ2) is 8.11. The van der Waals surface area contributed by atoms with Gasteiger partial charge in [-0.25, -0.2) is 4.79 Å². The van der Waals surface area contributed by atoms with Crippen LogP contribution in [0, 0.1) is 21.4 Å². The normalized spacial score (nSPS) is 14.4. The highest BCUT2D eigenvalue weighted by Gasteiger charge is 2.24. The van der Waals surface area contributed by atoms with Gasteiger partial charge in [0, 0.05) is 30.9 Å². The standard InChI is InChI=1S/C17H18N4O5/c1-11(19)14(9-18)16(22)10-26-17(23)13-8-12(21(24)25)4-5-15(13)20-6-2-3-7-20/h4-5,8H,2-3,6-7,10,19H2,1H3/b14-11+. The first-order valence-corrected chi connectivity index (χ1v) is 7.95. The Morgan fingerprint density at radius 1 is 1.38 bits per heavy atom. The van der Waals surface area contributed by atoms with Crippen LogP contribution in [0.2, 0.25) is 0 Å². The lowest BCUT2D eigenvalue weighted by molar-refractivity contribution is -0.384. The molecule has 0 unspecified atom stereocenters. The summed E-state index contributed by atoms with van der Waals surface area (Å²) in [5, 5.41) is 19.9. The molecule has 0 bridgehead atoms. The number of hydrogen-bond donors (Lipinski definition) is 1. The van der Waals surface area contributed by atoms with E-state index in [0.717, 1.165) is 32.0 Å². The zero-order valence-electron chi connectivity index (χ0n) is 14.2. The average Bonchev–Trinajstić information content (AvgIpc) is 3.13. The van der Waals surface area contributed by atoms with Gasteiger partial charge in [-0.15, -0.1) is 0 Å². The quantitative estimate of drug-likeness (QED) is 0.266. The topological polar surface area (TPSA) is 140 Å². The molecule has 1 saturated heterocycles. The highest BCUT2D eigenvalue weighted by atomic mass is 16.6. The highest BCUT2D eigenvalue weighted by molar-refractivity contribution is 6.03. The van der Waals surface area contributed by atoms with Crippen molar-refractivity contribution >= 4 is 23.1 Å². The van der Waals surface area contributed by atoms with Crippen molar-refractivity contribution in [3.63, 3.8) is 0 Å². The maximum atomic E-state index is 12.4. The van der Waals surface area contributed by atoms with Gasteiger partial charge in [-0.3, -0.25) is 14.9 Å². The maximum absolute atomic E-state index is 12.4. The lowest BCUT2D eigenvalue weighted by atomic mass is 10.1. The molecule has 0 atom stereocenters. The Labute approximate surface area is 149 Å². The van der Waals surface area contributed by atoms with Crippen molar-refractivity contribution in [3.8, 4) is 6.07 Å². The number of carbonyl (C=O) groups excluding carboxylic acids is 2. The van der Waals surface area contributed by atoms with Crippen molar-refractivity contribution in [1.29, 1.82) is 5.26 Å². The van der Waals surface area contributed by atoms with Crippen LogP contribution in [-0.4, -0.2) is 36.4 Å². The number of Topliss-reactive ketones (excluding diaryl/α,β-unsaturated/α-hetero) is 1. The molecule has 1 aromatic rings. The van der Waals surface area contributed by atoms with E-state index in [0.29, 0.717) is 5.69 Å². The number of ether oxygens (including phenoxy) is 1. The van der Waals surface area contributed by atoms with E-state index < -0.39 is 23.3 Å². The summed E-state index contributed by atoms with van der Waals surface area (Å²) in [5.41, 5.74) is 5.48. The van der Waals surface area contributed by atoms with Crippen LogP contribution in [-0.2, 0) is 9.53 Å². The van der Waals surface area contributed by atoms with E-state index in [1.807, 2.05) is 4.90 Å². The van der Waals surface area contributed by atoms with E-state index in [-0.39, 0.29) is 22.5 Å². The van der Waals surface area contributed by atoms with Gasteiger partial charge >= 0.3 is 5.97 Å². The number of benzene rings is 1. The lowest BCUT2D eigenvalue weighted by Crippen LogP contribution is -2.23. The monoisotopic (exact) mass is 358 g/mol. The molecule has 1 aliphatic rings. The summed E-state index contributed by atoms with van der Waals surface area (Å²) in [6.07, 6.45) is 1.91. The first kappa shape index (κ1) is 18.9. The van der Waals surface area contributed by atoms with Crippen LogP contribution >= 0.6 is 0 Å². The first-order chi connectivity index (χ1) is 12.3. The Balaban J connectivity index is 2.25. The smallest absolute Gasteiger partial charge is 0.340 e. The molecule has 2 N–H and O–H groups in total. The van der Waals surface area contributed by atoms with E-state index in [1.54, 1.807) is 6.07 Å². The Morgan fingerprint density at radius 3 is 2.58 bits per heavy atom. The molecule has 0 radical (unpaired) electrons. The van der Waals surface area contributed by atoms with E-state index >= 15 is 0 Å². The number of non-ortho nitro benzene ring substituents is 1. The molecule has 9 heteroatoms. The average molecular weight is 358 g/mol. The number of carbonyl (C=O) groups is 2. The minimum absolute atomic E-state index is 0.0147. The molecule has 2 rings (SSSR count). The summed E-state index contributed by atoms with van der Waals surface area (Å²) in [5.74, 6) is -1.59. The number of nitriles is 1. The fourth-order valence-corrected chi connectivity index (χ4v) is 2.69. The summed E-state index contributed by atoms with van der Waals surface area (Å²) in [4.78, 5) is 36.7. The second-order valence-corrected chi connectivity index (χ2v) is 5.82. The summed E-state index contributed by atoms with van der Waals surface area (Å²) < 4.78 is 4.98. The van der Waals surface area contributed by atoms with E-state index in [1.165, 1.54) is 19.1 Å². The number of rotatable bonds is 6. The second-order valence-electron chi connectivity index (χ2n) is 5.82. The van der Waals surface area contributed by atoms with Crippen molar-refractivity contribution in [3.05, 3.63) is 45.1 Å². The third-order valence-corrected chi connectivity index (χ3v) is 3.98. The Morgan fingerprint density at radius 2 is 2.04 bits per heavy atom. The largest absolute Gasteiger partial charge is 0.454 e. The Kier molecular flexibility index (Phi) is 5.90. The molecule has 1 fully saturated rings. The van der Waals surface area contributed by atoms with E-state index in [2.05, 4.69) is 0 Å². The van der Waals surface area contributed by atoms with Crippen molar-refractivity contribution in [2.45, 2.75) is 19.8 Å². The third kappa shape index (κ3) is 4.16. The Hall–Kier alpha value is -3.41. The minimum atomic E-state index is -0.865.